The zero-order valence-electron chi connectivity index (χ0n) is 14.7. The molecule has 1 amide bonds. The molecule has 148 valence electrons. The third-order valence-electron chi connectivity index (χ3n) is 3.82. The number of nitro benzene ring substituents is 2. The highest BCUT2D eigenvalue weighted by atomic mass is 32.1. The number of carbonyl (C=O) groups is 1. The van der Waals surface area contributed by atoms with Gasteiger partial charge in [0.1, 0.15) is 0 Å². The van der Waals surface area contributed by atoms with Crippen LogP contribution in [0.25, 0.3) is 10.1 Å². The number of nitro groups is 2. The number of phenolic OH excluding ortho intramolecular Hbond substituents is 1. The minimum absolute atomic E-state index is 0.0247. The molecule has 0 saturated heterocycles. The van der Waals surface area contributed by atoms with Gasteiger partial charge in [0.2, 0.25) is 0 Å². The summed E-state index contributed by atoms with van der Waals surface area (Å²) in [5.74, 6) is -1.06. The Hall–Kier alpha value is -4.06. The van der Waals surface area contributed by atoms with Gasteiger partial charge in [-0.3, -0.25) is 25.0 Å². The Balaban J connectivity index is 1.81. The highest BCUT2D eigenvalue weighted by Gasteiger charge is 2.16. The second kappa shape index (κ2) is 7.90. The number of non-ortho nitro benzene ring substituents is 2. The number of carbonyl (C=O) groups excluding carboxylic acids is 1. The van der Waals surface area contributed by atoms with Crippen LogP contribution in [0, 0.1) is 20.2 Å². The van der Waals surface area contributed by atoms with Gasteiger partial charge in [-0.2, -0.15) is 5.10 Å². The highest BCUT2D eigenvalue weighted by molar-refractivity contribution is 7.20. The van der Waals surface area contributed by atoms with Crippen molar-refractivity contribution in [2.45, 2.75) is 0 Å². The van der Waals surface area contributed by atoms with Crippen molar-refractivity contribution in [3.05, 3.63) is 67.1 Å². The van der Waals surface area contributed by atoms with E-state index < -0.39 is 15.8 Å². The van der Waals surface area contributed by atoms with Gasteiger partial charge in [0.05, 0.1) is 34.1 Å². The summed E-state index contributed by atoms with van der Waals surface area (Å²) in [5.41, 5.74) is 1.81. The Bertz CT molecular complexity index is 1170. The molecule has 0 saturated carbocycles. The van der Waals surface area contributed by atoms with Crippen LogP contribution in [0.15, 0.2) is 41.5 Å². The number of aromatic hydroxyl groups is 1. The van der Waals surface area contributed by atoms with Gasteiger partial charge < -0.3 is 9.84 Å². The van der Waals surface area contributed by atoms with E-state index in [0.29, 0.717) is 10.1 Å². The molecule has 0 fully saturated rings. The molecule has 1 aromatic heterocycles. The predicted molar refractivity (Wildman–Crippen MR) is 105 cm³/mol. The van der Waals surface area contributed by atoms with Gasteiger partial charge in [0.15, 0.2) is 11.5 Å². The third-order valence-corrected chi connectivity index (χ3v) is 4.94. The van der Waals surface area contributed by atoms with Gasteiger partial charge in [-0.25, -0.2) is 5.43 Å². The molecule has 11 nitrogen and oxygen atoms in total. The smallest absolute Gasteiger partial charge is 0.281 e. The standard InChI is InChI=1S/C17H12N4O7S/c1-28-13-7-12(21(26)27)5-10(16(13)22)8-18-19-17(23)15-6-9-4-11(20(24)25)2-3-14(9)29-15/h2-8,22H,1H3,(H,19,23)/b18-8-. The van der Waals surface area contributed by atoms with Crippen molar-refractivity contribution in [2.75, 3.05) is 7.11 Å². The Morgan fingerprint density at radius 3 is 2.55 bits per heavy atom. The molecule has 0 aliphatic rings. The van der Waals surface area contributed by atoms with E-state index >= 15 is 0 Å². The number of ether oxygens (including phenoxy) is 1. The van der Waals surface area contributed by atoms with Crippen LogP contribution < -0.4 is 10.2 Å². The van der Waals surface area contributed by atoms with Crippen LogP contribution in [-0.2, 0) is 0 Å². The lowest BCUT2D eigenvalue weighted by Gasteiger charge is -2.05. The Morgan fingerprint density at radius 1 is 1.17 bits per heavy atom. The quantitative estimate of drug-likeness (QED) is 0.355. The maximum absolute atomic E-state index is 12.3. The van der Waals surface area contributed by atoms with Crippen molar-refractivity contribution in [1.29, 1.82) is 0 Å². The monoisotopic (exact) mass is 416 g/mol. The van der Waals surface area contributed by atoms with Crippen molar-refractivity contribution < 1.29 is 24.5 Å². The molecule has 0 radical (unpaired) electrons. The third kappa shape index (κ3) is 4.11. The second-order valence-electron chi connectivity index (χ2n) is 5.63. The number of benzene rings is 2. The summed E-state index contributed by atoms with van der Waals surface area (Å²) in [6, 6.07) is 7.88. The van der Waals surface area contributed by atoms with Crippen LogP contribution in [0.2, 0.25) is 0 Å². The van der Waals surface area contributed by atoms with Crippen molar-refractivity contribution >= 4 is 44.9 Å². The average Bonchev–Trinajstić information content (AvgIpc) is 3.12. The Kier molecular flexibility index (Phi) is 5.36. The first kappa shape index (κ1) is 19.7. The summed E-state index contributed by atoms with van der Waals surface area (Å²) >= 11 is 1.12. The molecule has 0 aliphatic heterocycles. The Morgan fingerprint density at radius 2 is 1.90 bits per heavy atom. The number of rotatable bonds is 6. The maximum Gasteiger partial charge on any atom is 0.281 e. The van der Waals surface area contributed by atoms with Gasteiger partial charge in [0, 0.05) is 33.8 Å². The van der Waals surface area contributed by atoms with Crippen molar-refractivity contribution in [3.8, 4) is 11.5 Å². The van der Waals surface area contributed by atoms with E-state index in [1.165, 1.54) is 25.3 Å². The van der Waals surface area contributed by atoms with E-state index in [0.717, 1.165) is 29.7 Å². The van der Waals surface area contributed by atoms with Gasteiger partial charge in [0.25, 0.3) is 17.3 Å². The van der Waals surface area contributed by atoms with E-state index in [2.05, 4.69) is 10.5 Å². The topological polar surface area (TPSA) is 157 Å². The van der Waals surface area contributed by atoms with Crippen molar-refractivity contribution in [3.63, 3.8) is 0 Å². The number of fused-ring (bicyclic) bond motifs is 1. The number of nitrogens with zero attached hydrogens (tertiary/aromatic N) is 3. The molecule has 0 bridgehead atoms. The number of hydrogen-bond acceptors (Lipinski definition) is 9. The molecule has 0 aliphatic carbocycles. The minimum Gasteiger partial charge on any atom is -0.504 e. The summed E-state index contributed by atoms with van der Waals surface area (Å²) in [7, 11) is 1.24. The van der Waals surface area contributed by atoms with Gasteiger partial charge in [-0.15, -0.1) is 11.3 Å². The van der Waals surface area contributed by atoms with E-state index in [4.69, 9.17) is 4.74 Å². The lowest BCUT2D eigenvalue weighted by Crippen LogP contribution is -2.16. The SMILES string of the molecule is COc1cc([N+](=O)[O-])cc(/C=N\NC(=O)c2cc3cc([N+](=O)[O-])ccc3s2)c1O. The number of hydrogen-bond donors (Lipinski definition) is 2. The van der Waals surface area contributed by atoms with Crippen LogP contribution in [0.4, 0.5) is 11.4 Å². The number of thiophene rings is 1. The fourth-order valence-corrected chi connectivity index (χ4v) is 3.38. The Labute approximate surface area is 166 Å². The van der Waals surface area contributed by atoms with Crippen LogP contribution in [0.5, 0.6) is 11.5 Å². The van der Waals surface area contributed by atoms with E-state index in [1.807, 2.05) is 0 Å². The molecule has 12 heteroatoms. The van der Waals surface area contributed by atoms with Crippen molar-refractivity contribution in [1.82, 2.24) is 5.43 Å². The molecular formula is C17H12N4O7S. The lowest BCUT2D eigenvalue weighted by atomic mass is 10.2. The molecule has 1 heterocycles. The number of methoxy groups -OCH3 is 1. The highest BCUT2D eigenvalue weighted by Crippen LogP contribution is 2.33. The maximum atomic E-state index is 12.3. The summed E-state index contributed by atoms with van der Waals surface area (Å²) in [4.78, 5) is 33.1. The minimum atomic E-state index is -0.658. The fraction of sp³-hybridized carbons (Fsp3) is 0.0588. The zero-order valence-corrected chi connectivity index (χ0v) is 15.5. The van der Waals surface area contributed by atoms with Crippen LogP contribution in [0.1, 0.15) is 15.2 Å². The number of amides is 1. The first-order chi connectivity index (χ1) is 13.8. The molecule has 2 aromatic carbocycles. The number of phenols is 1. The van der Waals surface area contributed by atoms with Crippen LogP contribution in [-0.4, -0.2) is 34.2 Å². The molecule has 3 aromatic rings. The molecule has 0 unspecified atom stereocenters. The van der Waals surface area contributed by atoms with Crippen LogP contribution >= 0.6 is 11.3 Å². The average molecular weight is 416 g/mol. The van der Waals surface area contributed by atoms with Gasteiger partial charge >= 0.3 is 0 Å². The zero-order chi connectivity index (χ0) is 21.1. The predicted octanol–water partition coefficient (Wildman–Crippen LogP) is 3.20. The summed E-state index contributed by atoms with van der Waals surface area (Å²) in [5, 5.41) is 36.1. The summed E-state index contributed by atoms with van der Waals surface area (Å²) < 4.78 is 5.57. The molecule has 3 rings (SSSR count). The van der Waals surface area contributed by atoms with E-state index in [-0.39, 0.29) is 33.3 Å². The largest absolute Gasteiger partial charge is 0.504 e. The molecule has 29 heavy (non-hydrogen) atoms. The molecule has 2 N–H and O–H groups in total. The number of hydrazone groups is 1. The fourth-order valence-electron chi connectivity index (χ4n) is 2.45. The van der Waals surface area contributed by atoms with E-state index in [9.17, 15) is 30.1 Å². The van der Waals surface area contributed by atoms with Gasteiger partial charge in [-0.1, -0.05) is 0 Å². The van der Waals surface area contributed by atoms with E-state index in [1.54, 1.807) is 6.07 Å². The molecule has 0 atom stereocenters. The van der Waals surface area contributed by atoms with Crippen LogP contribution in [0.3, 0.4) is 0 Å². The normalized spacial score (nSPS) is 10.9. The number of nitrogens with one attached hydrogen (secondary N) is 1. The molecular weight excluding hydrogens is 404 g/mol. The molecule has 0 spiro atoms. The first-order valence-electron chi connectivity index (χ1n) is 7.87. The summed E-state index contributed by atoms with van der Waals surface area (Å²) in [6.45, 7) is 0. The van der Waals surface area contributed by atoms with Crippen molar-refractivity contribution in [2.24, 2.45) is 5.10 Å². The summed E-state index contributed by atoms with van der Waals surface area (Å²) in [6.07, 6.45) is 1.04. The lowest BCUT2D eigenvalue weighted by molar-refractivity contribution is -0.385. The first-order valence-corrected chi connectivity index (χ1v) is 8.68. The van der Waals surface area contributed by atoms with Gasteiger partial charge in [-0.05, 0) is 12.1 Å². The second-order valence-corrected chi connectivity index (χ2v) is 6.72.